The largest absolute Gasteiger partial charge is 0.349 e. The van der Waals surface area contributed by atoms with Crippen molar-refractivity contribution in [2.24, 2.45) is 0 Å². The second-order valence-corrected chi connectivity index (χ2v) is 7.27. The fourth-order valence-corrected chi connectivity index (χ4v) is 3.53. The lowest BCUT2D eigenvalue weighted by atomic mass is 9.95. The lowest BCUT2D eigenvalue weighted by Gasteiger charge is -2.23. The van der Waals surface area contributed by atoms with E-state index in [4.69, 9.17) is 11.6 Å². The van der Waals surface area contributed by atoms with Crippen molar-refractivity contribution in [1.29, 1.82) is 0 Å². The van der Waals surface area contributed by atoms with Crippen LogP contribution >= 0.6 is 11.6 Å². The molecule has 0 aliphatic heterocycles. The van der Waals surface area contributed by atoms with Crippen LogP contribution in [-0.2, 0) is 11.2 Å². The van der Waals surface area contributed by atoms with Crippen LogP contribution in [0.3, 0.4) is 0 Å². The number of hydrogen-bond acceptors (Lipinski definition) is 2. The maximum atomic E-state index is 13.2. The third-order valence-corrected chi connectivity index (χ3v) is 5.02. The third kappa shape index (κ3) is 5.54. The number of hydrogen-bond donors (Lipinski definition) is 2. The molecule has 0 aromatic heterocycles. The van der Waals surface area contributed by atoms with Crippen LogP contribution in [0, 0.1) is 5.82 Å². The van der Waals surface area contributed by atoms with E-state index in [1.165, 1.54) is 18.6 Å². The van der Waals surface area contributed by atoms with Gasteiger partial charge in [-0.1, -0.05) is 43.0 Å². The summed E-state index contributed by atoms with van der Waals surface area (Å²) in [7, 11) is 0. The van der Waals surface area contributed by atoms with E-state index in [-0.39, 0.29) is 30.1 Å². The van der Waals surface area contributed by atoms with Crippen LogP contribution in [0.2, 0.25) is 5.02 Å². The highest BCUT2D eigenvalue weighted by atomic mass is 35.5. The number of benzene rings is 2. The van der Waals surface area contributed by atoms with E-state index in [2.05, 4.69) is 10.6 Å². The quantitative estimate of drug-likeness (QED) is 0.778. The summed E-state index contributed by atoms with van der Waals surface area (Å²) in [6.45, 7) is 0. The van der Waals surface area contributed by atoms with Gasteiger partial charge in [-0.15, -0.1) is 0 Å². The maximum Gasteiger partial charge on any atom is 0.253 e. The van der Waals surface area contributed by atoms with Crippen LogP contribution in [-0.4, -0.2) is 17.9 Å². The van der Waals surface area contributed by atoms with E-state index in [0.29, 0.717) is 21.8 Å². The third-order valence-electron chi connectivity index (χ3n) is 4.69. The molecule has 1 saturated carbocycles. The molecule has 1 fully saturated rings. The summed E-state index contributed by atoms with van der Waals surface area (Å²) in [5, 5.41) is 6.10. The molecule has 2 amide bonds. The van der Waals surface area contributed by atoms with Gasteiger partial charge >= 0.3 is 0 Å². The number of nitrogens with one attached hydrogen (secondary N) is 2. The number of rotatable bonds is 5. The second-order valence-electron chi connectivity index (χ2n) is 6.86. The van der Waals surface area contributed by atoms with Crippen molar-refractivity contribution in [3.63, 3.8) is 0 Å². The fourth-order valence-electron chi connectivity index (χ4n) is 3.32. The standard InChI is InChI=1S/C21H22ClFN2O2/c22-19-10-9-17(24-20(26)12-14-5-4-6-15(23)11-14)13-18(19)21(27)25-16-7-2-1-3-8-16/h4-6,9-11,13,16H,1-3,7-8,12H2,(H,24,26)(H,25,27). The normalized spacial score (nSPS) is 14.6. The molecule has 0 unspecified atom stereocenters. The minimum Gasteiger partial charge on any atom is -0.349 e. The Morgan fingerprint density at radius 3 is 2.59 bits per heavy atom. The van der Waals surface area contributed by atoms with Crippen molar-refractivity contribution in [2.45, 2.75) is 44.6 Å². The van der Waals surface area contributed by atoms with Crippen molar-refractivity contribution in [3.8, 4) is 0 Å². The van der Waals surface area contributed by atoms with Crippen LogP contribution in [0.1, 0.15) is 48.0 Å². The van der Waals surface area contributed by atoms with Gasteiger partial charge in [0.25, 0.3) is 5.91 Å². The van der Waals surface area contributed by atoms with Crippen LogP contribution in [0.15, 0.2) is 42.5 Å². The Morgan fingerprint density at radius 2 is 1.85 bits per heavy atom. The number of carbonyl (C=O) groups excluding carboxylic acids is 2. The smallest absolute Gasteiger partial charge is 0.253 e. The van der Waals surface area contributed by atoms with E-state index in [9.17, 15) is 14.0 Å². The summed E-state index contributed by atoms with van der Waals surface area (Å²) in [5.74, 6) is -0.900. The number of halogens is 2. The highest BCUT2D eigenvalue weighted by Gasteiger charge is 2.19. The molecule has 3 rings (SSSR count). The monoisotopic (exact) mass is 388 g/mol. The molecule has 2 N–H and O–H groups in total. The Hall–Kier alpha value is -2.40. The molecule has 6 heteroatoms. The Bertz CT molecular complexity index is 835. The van der Waals surface area contributed by atoms with Crippen molar-refractivity contribution < 1.29 is 14.0 Å². The van der Waals surface area contributed by atoms with Gasteiger partial charge in [-0.25, -0.2) is 4.39 Å². The van der Waals surface area contributed by atoms with Crippen LogP contribution in [0.4, 0.5) is 10.1 Å². The van der Waals surface area contributed by atoms with Crippen molar-refractivity contribution in [3.05, 3.63) is 64.4 Å². The van der Waals surface area contributed by atoms with Gasteiger partial charge in [0.2, 0.25) is 5.91 Å². The molecule has 2 aromatic carbocycles. The molecule has 1 aliphatic rings. The predicted octanol–water partition coefficient (Wildman–Crippen LogP) is 4.72. The zero-order chi connectivity index (χ0) is 19.2. The molecule has 1 aliphatic carbocycles. The van der Waals surface area contributed by atoms with Gasteiger partial charge in [0.1, 0.15) is 5.82 Å². The Balaban J connectivity index is 1.65. The van der Waals surface area contributed by atoms with E-state index in [1.807, 2.05) is 0 Å². The molecule has 0 spiro atoms. The van der Waals surface area contributed by atoms with Gasteiger partial charge in [0, 0.05) is 11.7 Å². The SMILES string of the molecule is O=C(Cc1cccc(F)c1)Nc1ccc(Cl)c(C(=O)NC2CCCCC2)c1. The topological polar surface area (TPSA) is 58.2 Å². The van der Waals surface area contributed by atoms with Gasteiger partial charge in [0.15, 0.2) is 0 Å². The molecule has 0 atom stereocenters. The molecular weight excluding hydrogens is 367 g/mol. The van der Waals surface area contributed by atoms with Crippen molar-refractivity contribution in [1.82, 2.24) is 5.32 Å². The summed E-state index contributed by atoms with van der Waals surface area (Å²) < 4.78 is 13.2. The number of amides is 2. The Labute approximate surface area is 163 Å². The Kier molecular flexibility index (Phi) is 6.45. The van der Waals surface area contributed by atoms with Crippen LogP contribution < -0.4 is 10.6 Å². The fraction of sp³-hybridized carbons (Fsp3) is 0.333. The molecule has 0 saturated heterocycles. The van der Waals surface area contributed by atoms with E-state index < -0.39 is 0 Å². The highest BCUT2D eigenvalue weighted by Crippen LogP contribution is 2.23. The van der Waals surface area contributed by atoms with Crippen LogP contribution in [0.5, 0.6) is 0 Å². The lowest BCUT2D eigenvalue weighted by molar-refractivity contribution is -0.115. The van der Waals surface area contributed by atoms with Gasteiger partial charge in [0.05, 0.1) is 17.0 Å². The number of carbonyl (C=O) groups is 2. The number of anilines is 1. The van der Waals surface area contributed by atoms with Crippen molar-refractivity contribution in [2.75, 3.05) is 5.32 Å². The molecule has 27 heavy (non-hydrogen) atoms. The van der Waals surface area contributed by atoms with Gasteiger partial charge in [-0.3, -0.25) is 9.59 Å². The average molecular weight is 389 g/mol. The summed E-state index contributed by atoms with van der Waals surface area (Å²) in [6, 6.07) is 10.9. The summed E-state index contributed by atoms with van der Waals surface area (Å²) in [6.07, 6.45) is 5.45. The minimum atomic E-state index is -0.381. The van der Waals surface area contributed by atoms with Gasteiger partial charge < -0.3 is 10.6 Å². The maximum absolute atomic E-state index is 13.2. The van der Waals surface area contributed by atoms with E-state index in [0.717, 1.165) is 25.7 Å². The highest BCUT2D eigenvalue weighted by molar-refractivity contribution is 6.34. The molecule has 0 heterocycles. The zero-order valence-corrected chi connectivity index (χ0v) is 15.7. The average Bonchev–Trinajstić information content (AvgIpc) is 2.64. The summed E-state index contributed by atoms with van der Waals surface area (Å²) in [4.78, 5) is 24.8. The second kappa shape index (κ2) is 9.00. The first-order chi connectivity index (χ1) is 13.0. The molecular formula is C21H22ClFN2O2. The van der Waals surface area contributed by atoms with Gasteiger partial charge in [-0.2, -0.15) is 0 Å². The molecule has 142 valence electrons. The summed E-state index contributed by atoms with van der Waals surface area (Å²) in [5.41, 5.74) is 1.40. The lowest BCUT2D eigenvalue weighted by Crippen LogP contribution is -2.36. The predicted molar refractivity (Wildman–Crippen MR) is 105 cm³/mol. The molecule has 0 bridgehead atoms. The van der Waals surface area contributed by atoms with Crippen molar-refractivity contribution >= 4 is 29.1 Å². The Morgan fingerprint density at radius 1 is 1.07 bits per heavy atom. The van der Waals surface area contributed by atoms with E-state index >= 15 is 0 Å². The summed E-state index contributed by atoms with van der Waals surface area (Å²) >= 11 is 6.18. The zero-order valence-electron chi connectivity index (χ0n) is 14.9. The first-order valence-electron chi connectivity index (χ1n) is 9.16. The minimum absolute atomic E-state index is 0.0456. The molecule has 4 nitrogen and oxygen atoms in total. The molecule has 0 radical (unpaired) electrons. The first-order valence-corrected chi connectivity index (χ1v) is 9.54. The van der Waals surface area contributed by atoms with Crippen LogP contribution in [0.25, 0.3) is 0 Å². The first kappa shape index (κ1) is 19.4. The molecule has 2 aromatic rings. The van der Waals surface area contributed by atoms with E-state index in [1.54, 1.807) is 30.3 Å². The van der Waals surface area contributed by atoms with Gasteiger partial charge in [-0.05, 0) is 48.7 Å².